The SMILES string of the molecule is C.CC(C)(C)[Si](C)(C)O. The van der Waals surface area contributed by atoms with Crippen LogP contribution in [0.5, 0.6) is 0 Å². The van der Waals surface area contributed by atoms with Crippen molar-refractivity contribution in [3.63, 3.8) is 0 Å². The van der Waals surface area contributed by atoms with E-state index >= 15 is 0 Å². The van der Waals surface area contributed by atoms with Crippen molar-refractivity contribution in [2.24, 2.45) is 0 Å². The van der Waals surface area contributed by atoms with Crippen molar-refractivity contribution in [3.8, 4) is 0 Å². The van der Waals surface area contributed by atoms with E-state index in [9.17, 15) is 4.80 Å². The Balaban J connectivity index is 0. The van der Waals surface area contributed by atoms with Gasteiger partial charge in [0.15, 0.2) is 8.32 Å². The zero-order chi connectivity index (χ0) is 7.00. The molecule has 0 aromatic rings. The lowest BCUT2D eigenvalue weighted by atomic mass is 10.2. The number of rotatable bonds is 0. The Hall–Kier alpha value is 0.177. The lowest BCUT2D eigenvalue weighted by Gasteiger charge is -2.30. The summed E-state index contributed by atoms with van der Waals surface area (Å²) in [5.74, 6) is 0. The van der Waals surface area contributed by atoms with Crippen LogP contribution < -0.4 is 0 Å². The molecule has 0 heterocycles. The Bertz CT molecular complexity index is 63.9. The van der Waals surface area contributed by atoms with E-state index in [2.05, 4.69) is 20.8 Å². The van der Waals surface area contributed by atoms with Gasteiger partial charge in [-0.15, -0.1) is 0 Å². The lowest BCUT2D eigenvalue weighted by molar-refractivity contribution is 0.487. The van der Waals surface area contributed by atoms with E-state index < -0.39 is 8.32 Å². The van der Waals surface area contributed by atoms with Crippen molar-refractivity contribution < 1.29 is 4.80 Å². The smallest absolute Gasteiger partial charge is 0.187 e. The van der Waals surface area contributed by atoms with E-state index in [-0.39, 0.29) is 12.5 Å². The van der Waals surface area contributed by atoms with Crippen LogP contribution in [0.1, 0.15) is 28.2 Å². The third kappa shape index (κ3) is 3.70. The van der Waals surface area contributed by atoms with E-state index in [1.165, 1.54) is 0 Å². The van der Waals surface area contributed by atoms with E-state index in [1.54, 1.807) is 0 Å². The number of hydrogen-bond acceptors (Lipinski definition) is 1. The van der Waals surface area contributed by atoms with Crippen LogP contribution in [-0.4, -0.2) is 13.1 Å². The van der Waals surface area contributed by atoms with Crippen LogP contribution in [0.15, 0.2) is 0 Å². The van der Waals surface area contributed by atoms with Crippen molar-refractivity contribution in [2.75, 3.05) is 0 Å². The Morgan fingerprint density at radius 1 is 1.11 bits per heavy atom. The molecule has 0 radical (unpaired) electrons. The standard InChI is InChI=1S/C6H16OSi.CH4/c1-6(2,3)8(4,5)7;/h7H,1-5H3;1H4. The Kier molecular flexibility index (Phi) is 3.76. The van der Waals surface area contributed by atoms with Gasteiger partial charge in [-0.3, -0.25) is 0 Å². The highest BCUT2D eigenvalue weighted by Gasteiger charge is 2.32. The summed E-state index contributed by atoms with van der Waals surface area (Å²) in [6.45, 7) is 10.2. The van der Waals surface area contributed by atoms with Crippen molar-refractivity contribution in [2.45, 2.75) is 46.3 Å². The largest absolute Gasteiger partial charge is 0.432 e. The molecule has 0 saturated heterocycles. The molecule has 0 atom stereocenters. The molecule has 0 aromatic carbocycles. The van der Waals surface area contributed by atoms with Gasteiger partial charge in [0, 0.05) is 0 Å². The zero-order valence-corrected chi connectivity index (χ0v) is 7.45. The van der Waals surface area contributed by atoms with Gasteiger partial charge in [-0.2, -0.15) is 0 Å². The second-order valence-electron chi connectivity index (χ2n) is 3.81. The van der Waals surface area contributed by atoms with Crippen molar-refractivity contribution >= 4 is 8.32 Å². The zero-order valence-electron chi connectivity index (χ0n) is 6.45. The third-order valence-corrected chi connectivity index (χ3v) is 5.51. The van der Waals surface area contributed by atoms with Gasteiger partial charge in [0.25, 0.3) is 0 Å². The minimum atomic E-state index is -1.86. The van der Waals surface area contributed by atoms with E-state index in [1.807, 2.05) is 13.1 Å². The fourth-order valence-corrected chi connectivity index (χ4v) is 0. The minimum Gasteiger partial charge on any atom is -0.432 e. The summed E-state index contributed by atoms with van der Waals surface area (Å²) in [4.78, 5) is 9.49. The first-order valence-corrected chi connectivity index (χ1v) is 5.92. The third-order valence-electron chi connectivity index (χ3n) is 1.84. The van der Waals surface area contributed by atoms with E-state index in [4.69, 9.17) is 0 Å². The molecule has 0 aliphatic rings. The van der Waals surface area contributed by atoms with Crippen LogP contribution in [0, 0.1) is 0 Å². The maximum absolute atomic E-state index is 9.49. The first-order valence-electron chi connectivity index (χ1n) is 2.97. The molecule has 0 unspecified atom stereocenters. The molecule has 0 aliphatic heterocycles. The molecule has 2 heteroatoms. The fourth-order valence-electron chi connectivity index (χ4n) is 0. The van der Waals surface area contributed by atoms with Gasteiger partial charge >= 0.3 is 0 Å². The summed E-state index contributed by atoms with van der Waals surface area (Å²) >= 11 is 0. The quantitative estimate of drug-likeness (QED) is 0.524. The molecule has 0 saturated carbocycles. The maximum atomic E-state index is 9.49. The van der Waals surface area contributed by atoms with E-state index in [0.29, 0.717) is 0 Å². The Morgan fingerprint density at radius 2 is 1.22 bits per heavy atom. The molecule has 9 heavy (non-hydrogen) atoms. The van der Waals surface area contributed by atoms with Gasteiger partial charge in [0.1, 0.15) is 0 Å². The average Bonchev–Trinajstić information content (AvgIpc) is 1.25. The topological polar surface area (TPSA) is 20.2 Å². The highest BCUT2D eigenvalue weighted by atomic mass is 28.4. The number of hydrogen-bond donors (Lipinski definition) is 1. The molecule has 1 nitrogen and oxygen atoms in total. The van der Waals surface area contributed by atoms with Crippen LogP contribution in [0.25, 0.3) is 0 Å². The molecule has 1 N–H and O–H groups in total. The van der Waals surface area contributed by atoms with Crippen molar-refractivity contribution in [1.29, 1.82) is 0 Å². The predicted octanol–water partition coefficient (Wildman–Crippen LogP) is 2.62. The predicted molar refractivity (Wildman–Crippen MR) is 46.1 cm³/mol. The molecular formula is C7H20OSi. The summed E-state index contributed by atoms with van der Waals surface area (Å²) in [7, 11) is -1.86. The molecule has 0 aliphatic carbocycles. The molecule has 0 amide bonds. The second kappa shape index (κ2) is 2.84. The first kappa shape index (κ1) is 11.9. The normalized spacial score (nSPS) is 12.7. The van der Waals surface area contributed by atoms with Gasteiger partial charge in [0.2, 0.25) is 0 Å². The summed E-state index contributed by atoms with van der Waals surface area (Å²) < 4.78 is 0. The van der Waals surface area contributed by atoms with Crippen LogP contribution >= 0.6 is 0 Å². The van der Waals surface area contributed by atoms with Gasteiger partial charge < -0.3 is 4.80 Å². The summed E-state index contributed by atoms with van der Waals surface area (Å²) in [5, 5.41) is 0.132. The van der Waals surface area contributed by atoms with Gasteiger partial charge in [-0.25, -0.2) is 0 Å². The first-order chi connectivity index (χ1) is 3.25. The van der Waals surface area contributed by atoms with E-state index in [0.717, 1.165) is 0 Å². The van der Waals surface area contributed by atoms with Gasteiger partial charge in [0.05, 0.1) is 0 Å². The summed E-state index contributed by atoms with van der Waals surface area (Å²) in [6, 6.07) is 0. The molecule has 58 valence electrons. The molecule has 0 rings (SSSR count). The molecular weight excluding hydrogens is 128 g/mol. The summed E-state index contributed by atoms with van der Waals surface area (Å²) in [6.07, 6.45) is 0. The van der Waals surface area contributed by atoms with Crippen LogP contribution in [-0.2, 0) is 0 Å². The lowest BCUT2D eigenvalue weighted by Crippen LogP contribution is -2.36. The monoisotopic (exact) mass is 148 g/mol. The second-order valence-corrected chi connectivity index (χ2v) is 8.43. The molecule has 0 fully saturated rings. The van der Waals surface area contributed by atoms with Crippen LogP contribution in [0.4, 0.5) is 0 Å². The Labute approximate surface area is 60.2 Å². The molecule has 0 aromatic heterocycles. The maximum Gasteiger partial charge on any atom is 0.187 e. The summed E-state index contributed by atoms with van der Waals surface area (Å²) in [5.41, 5.74) is 0. The minimum absolute atomic E-state index is 0. The molecule has 0 bridgehead atoms. The van der Waals surface area contributed by atoms with Crippen LogP contribution in [0.3, 0.4) is 0 Å². The van der Waals surface area contributed by atoms with Crippen molar-refractivity contribution in [3.05, 3.63) is 0 Å². The highest BCUT2D eigenvalue weighted by Crippen LogP contribution is 2.33. The molecule has 0 spiro atoms. The van der Waals surface area contributed by atoms with Gasteiger partial charge in [-0.1, -0.05) is 28.2 Å². The average molecular weight is 148 g/mol. The van der Waals surface area contributed by atoms with Crippen LogP contribution in [0.2, 0.25) is 18.1 Å². The highest BCUT2D eigenvalue weighted by molar-refractivity contribution is 6.72. The van der Waals surface area contributed by atoms with Gasteiger partial charge in [-0.05, 0) is 18.1 Å². The Morgan fingerprint density at radius 3 is 1.22 bits per heavy atom. The fraction of sp³-hybridized carbons (Fsp3) is 1.00. The van der Waals surface area contributed by atoms with Crippen molar-refractivity contribution in [1.82, 2.24) is 0 Å².